The molecular weight excluding hydrogens is 447 g/mol. The number of halogens is 1. The summed E-state index contributed by atoms with van der Waals surface area (Å²) >= 11 is 0. The molecule has 202 valence electrons. The molecule has 0 amide bonds. The van der Waals surface area contributed by atoms with Gasteiger partial charge in [-0.25, -0.2) is 4.39 Å². The molecule has 0 bridgehead atoms. The van der Waals surface area contributed by atoms with Gasteiger partial charge in [-0.2, -0.15) is 0 Å². The monoisotopic (exact) mass is 498 g/mol. The van der Waals surface area contributed by atoms with Crippen LogP contribution in [-0.4, -0.2) is 11.1 Å². The highest BCUT2D eigenvalue weighted by atomic mass is 19.1. The number of aliphatic carboxylic acids is 1. The van der Waals surface area contributed by atoms with Gasteiger partial charge in [0.1, 0.15) is 5.82 Å². The Morgan fingerprint density at radius 2 is 1.31 bits per heavy atom. The highest BCUT2D eigenvalue weighted by Crippen LogP contribution is 2.45. The minimum absolute atomic E-state index is 0.193. The van der Waals surface area contributed by atoms with Crippen LogP contribution in [0.4, 0.5) is 4.39 Å². The van der Waals surface area contributed by atoms with Crippen molar-refractivity contribution >= 4 is 5.97 Å². The summed E-state index contributed by atoms with van der Waals surface area (Å²) in [6.07, 6.45) is 21.2. The molecule has 0 atom stereocenters. The van der Waals surface area contributed by atoms with Crippen LogP contribution in [0.2, 0.25) is 0 Å². The molecule has 0 spiro atoms. The summed E-state index contributed by atoms with van der Waals surface area (Å²) < 4.78 is 15.2. The summed E-state index contributed by atoms with van der Waals surface area (Å²) in [5.41, 5.74) is 0.549. The van der Waals surface area contributed by atoms with Crippen LogP contribution in [0.1, 0.15) is 134 Å². The highest BCUT2D eigenvalue weighted by molar-refractivity contribution is 5.81. The van der Waals surface area contributed by atoms with Crippen LogP contribution in [0.25, 0.3) is 0 Å². The Hall–Kier alpha value is -1.38. The number of benzene rings is 1. The van der Waals surface area contributed by atoms with Gasteiger partial charge in [-0.3, -0.25) is 4.79 Å². The predicted octanol–water partition coefficient (Wildman–Crippen LogP) is 9.48. The Labute approximate surface area is 219 Å². The quantitative estimate of drug-likeness (QED) is 0.349. The average Bonchev–Trinajstić information content (AvgIpc) is 2.89. The molecule has 0 aromatic heterocycles. The van der Waals surface area contributed by atoms with Crippen molar-refractivity contribution in [2.24, 2.45) is 29.6 Å². The van der Waals surface area contributed by atoms with Crippen LogP contribution >= 0.6 is 0 Å². The molecule has 0 unspecified atom stereocenters. The first kappa shape index (κ1) is 27.6. The molecule has 0 radical (unpaired) electrons. The molecule has 36 heavy (non-hydrogen) atoms. The van der Waals surface area contributed by atoms with Gasteiger partial charge in [0.05, 0.1) is 5.41 Å². The normalized spacial score (nSPS) is 33.4. The van der Waals surface area contributed by atoms with Gasteiger partial charge >= 0.3 is 5.97 Å². The summed E-state index contributed by atoms with van der Waals surface area (Å²) in [5.74, 6) is 3.25. The molecule has 3 aliphatic carbocycles. The van der Waals surface area contributed by atoms with Crippen molar-refractivity contribution in [2.45, 2.75) is 135 Å². The van der Waals surface area contributed by atoms with Gasteiger partial charge in [0, 0.05) is 0 Å². The Balaban J connectivity index is 1.26. The predicted molar refractivity (Wildman–Crippen MR) is 147 cm³/mol. The molecule has 1 N–H and O–H groups in total. The summed E-state index contributed by atoms with van der Waals surface area (Å²) in [5, 5.41) is 10.1. The largest absolute Gasteiger partial charge is 0.481 e. The van der Waals surface area contributed by atoms with E-state index in [1.807, 2.05) is 12.1 Å². The number of carboxylic acids is 1. The van der Waals surface area contributed by atoms with Gasteiger partial charge in [-0.15, -0.1) is 0 Å². The van der Waals surface area contributed by atoms with Crippen LogP contribution in [0.3, 0.4) is 0 Å². The van der Waals surface area contributed by atoms with Gasteiger partial charge in [-0.1, -0.05) is 77.3 Å². The van der Waals surface area contributed by atoms with Crippen LogP contribution < -0.4 is 0 Å². The Kier molecular flexibility index (Phi) is 9.92. The fourth-order valence-corrected chi connectivity index (χ4v) is 8.21. The minimum atomic E-state index is -0.905. The zero-order valence-electron chi connectivity index (χ0n) is 23.1. The summed E-state index contributed by atoms with van der Waals surface area (Å²) in [4.78, 5) is 12.3. The smallest absolute Gasteiger partial charge is 0.314 e. The molecule has 3 aliphatic rings. The van der Waals surface area contributed by atoms with E-state index in [0.717, 1.165) is 61.3 Å². The summed E-state index contributed by atoms with van der Waals surface area (Å²) in [6.45, 7) is 4.51. The lowest BCUT2D eigenvalue weighted by molar-refractivity contribution is -0.145. The second-order valence-corrected chi connectivity index (χ2v) is 12.8. The van der Waals surface area contributed by atoms with Crippen molar-refractivity contribution in [3.8, 4) is 0 Å². The number of carbonyl (C=O) groups is 1. The van der Waals surface area contributed by atoms with Crippen molar-refractivity contribution in [1.29, 1.82) is 0 Å². The molecule has 0 aliphatic heterocycles. The van der Waals surface area contributed by atoms with Gasteiger partial charge in [0.2, 0.25) is 0 Å². The van der Waals surface area contributed by atoms with E-state index in [-0.39, 0.29) is 5.82 Å². The molecular formula is C33H51FO2. The SMILES string of the molecule is CCCC1CCC(C2CCC(CCc3ccc(C4(C(=O)O)CCC(CCC)CC4)cc3F)CC2)CC1. The van der Waals surface area contributed by atoms with Crippen molar-refractivity contribution < 1.29 is 14.3 Å². The standard InChI is InChI=1S/C33H51FO2/c1-3-5-24-7-12-27(13-8-24)28-14-9-26(10-15-28)11-16-29-17-18-30(23-31(29)34)33(32(35)36)21-19-25(6-4-2)20-22-33/h17-18,23-28H,3-16,19-22H2,1-2H3,(H,35,36). The van der Waals surface area contributed by atoms with Crippen LogP contribution in [-0.2, 0) is 16.6 Å². The van der Waals surface area contributed by atoms with E-state index in [4.69, 9.17) is 0 Å². The number of rotatable bonds is 10. The molecule has 2 nitrogen and oxygen atoms in total. The molecule has 0 saturated heterocycles. The second kappa shape index (κ2) is 12.9. The Morgan fingerprint density at radius 1 is 0.806 bits per heavy atom. The van der Waals surface area contributed by atoms with Gasteiger partial charge < -0.3 is 5.11 Å². The third-order valence-corrected chi connectivity index (χ3v) is 10.6. The van der Waals surface area contributed by atoms with Crippen molar-refractivity contribution in [3.63, 3.8) is 0 Å². The van der Waals surface area contributed by atoms with Crippen LogP contribution in [0, 0.1) is 35.4 Å². The van der Waals surface area contributed by atoms with Gasteiger partial charge in [0.25, 0.3) is 0 Å². The zero-order chi connectivity index (χ0) is 25.5. The van der Waals surface area contributed by atoms with Gasteiger partial charge in [0.15, 0.2) is 0 Å². The van der Waals surface area contributed by atoms with Gasteiger partial charge in [-0.05, 0) is 111 Å². The number of hydrogen-bond acceptors (Lipinski definition) is 1. The Morgan fingerprint density at radius 3 is 1.78 bits per heavy atom. The fourth-order valence-electron chi connectivity index (χ4n) is 8.21. The molecule has 0 heterocycles. The van der Waals surface area contributed by atoms with E-state index in [0.29, 0.717) is 24.3 Å². The fraction of sp³-hybridized carbons (Fsp3) is 0.788. The van der Waals surface area contributed by atoms with Crippen LogP contribution in [0.5, 0.6) is 0 Å². The third-order valence-electron chi connectivity index (χ3n) is 10.6. The molecule has 4 rings (SSSR count). The summed E-state index contributed by atoms with van der Waals surface area (Å²) in [7, 11) is 0. The van der Waals surface area contributed by atoms with Crippen molar-refractivity contribution in [1.82, 2.24) is 0 Å². The third kappa shape index (κ3) is 6.54. The zero-order valence-corrected chi connectivity index (χ0v) is 23.1. The maximum atomic E-state index is 15.2. The average molecular weight is 499 g/mol. The van der Waals surface area contributed by atoms with E-state index >= 15 is 4.39 Å². The van der Waals surface area contributed by atoms with Crippen molar-refractivity contribution in [3.05, 3.63) is 35.1 Å². The topological polar surface area (TPSA) is 37.3 Å². The molecule has 3 saturated carbocycles. The lowest BCUT2D eigenvalue weighted by atomic mass is 9.66. The van der Waals surface area contributed by atoms with Crippen LogP contribution in [0.15, 0.2) is 18.2 Å². The summed E-state index contributed by atoms with van der Waals surface area (Å²) in [6, 6.07) is 5.39. The first-order valence-corrected chi connectivity index (χ1v) is 15.5. The molecule has 1 aromatic carbocycles. The number of carboxylic acid groups (broad SMARTS) is 1. The van der Waals surface area contributed by atoms with E-state index < -0.39 is 11.4 Å². The second-order valence-electron chi connectivity index (χ2n) is 12.8. The highest BCUT2D eigenvalue weighted by Gasteiger charge is 2.43. The van der Waals surface area contributed by atoms with E-state index in [2.05, 4.69) is 13.8 Å². The van der Waals surface area contributed by atoms with E-state index in [1.165, 1.54) is 70.6 Å². The first-order valence-electron chi connectivity index (χ1n) is 15.5. The molecule has 3 heteroatoms. The lowest BCUT2D eigenvalue weighted by Crippen LogP contribution is -2.39. The first-order chi connectivity index (χ1) is 17.4. The lowest BCUT2D eigenvalue weighted by Gasteiger charge is -2.38. The Bertz CT molecular complexity index is 824. The number of hydrogen-bond donors (Lipinski definition) is 1. The number of aryl methyl sites for hydroxylation is 1. The van der Waals surface area contributed by atoms with E-state index in [9.17, 15) is 9.90 Å². The molecule has 3 fully saturated rings. The maximum Gasteiger partial charge on any atom is 0.314 e. The van der Waals surface area contributed by atoms with Crippen molar-refractivity contribution in [2.75, 3.05) is 0 Å². The molecule has 1 aromatic rings. The maximum absolute atomic E-state index is 15.2. The minimum Gasteiger partial charge on any atom is -0.481 e. The van der Waals surface area contributed by atoms with E-state index in [1.54, 1.807) is 6.07 Å².